The maximum Gasteiger partial charge on any atom is 0.253 e. The summed E-state index contributed by atoms with van der Waals surface area (Å²) in [6.07, 6.45) is 1.37. The highest BCUT2D eigenvalue weighted by Gasteiger charge is 2.16. The van der Waals surface area contributed by atoms with Gasteiger partial charge in [0.1, 0.15) is 0 Å². The molecule has 0 unspecified atom stereocenters. The van der Waals surface area contributed by atoms with Crippen molar-refractivity contribution in [1.82, 2.24) is 30.1 Å². The minimum absolute atomic E-state index is 0.0647. The Balaban J connectivity index is 2.01. The van der Waals surface area contributed by atoms with E-state index >= 15 is 0 Å². The van der Waals surface area contributed by atoms with Crippen LogP contribution in [0, 0.1) is 13.8 Å². The fourth-order valence-electron chi connectivity index (χ4n) is 2.46. The number of aromatic nitrogens is 5. The molecule has 0 saturated heterocycles. The van der Waals surface area contributed by atoms with Gasteiger partial charge in [0.2, 0.25) is 0 Å². The number of carbonyl (C=O) groups is 1. The van der Waals surface area contributed by atoms with Gasteiger partial charge in [-0.25, -0.2) is 0 Å². The first-order chi connectivity index (χ1) is 9.50. The lowest BCUT2D eigenvalue weighted by Gasteiger charge is -2.13. The second-order valence-electron chi connectivity index (χ2n) is 5.04. The highest BCUT2D eigenvalue weighted by Crippen LogP contribution is 2.19. The third kappa shape index (κ3) is 2.87. The maximum atomic E-state index is 12.2. The molecule has 2 aromatic heterocycles. The SMILES string of the molecule is Cc1cc(C(=O)NCCn2ncnn2)c(C)n1C(C)C. The number of nitrogens with zero attached hydrogens (tertiary/aromatic N) is 5. The van der Waals surface area contributed by atoms with Gasteiger partial charge in [0, 0.05) is 24.0 Å². The lowest BCUT2D eigenvalue weighted by molar-refractivity contribution is 0.0950. The van der Waals surface area contributed by atoms with Crippen LogP contribution in [0.3, 0.4) is 0 Å². The molecule has 20 heavy (non-hydrogen) atoms. The van der Waals surface area contributed by atoms with E-state index in [1.54, 1.807) is 0 Å². The molecule has 0 radical (unpaired) electrons. The van der Waals surface area contributed by atoms with Crippen molar-refractivity contribution in [3.63, 3.8) is 0 Å². The molecule has 0 aliphatic rings. The van der Waals surface area contributed by atoms with E-state index in [4.69, 9.17) is 0 Å². The average Bonchev–Trinajstić information content (AvgIpc) is 2.97. The number of carbonyl (C=O) groups excluding carboxylic acids is 1. The molecule has 2 aromatic rings. The van der Waals surface area contributed by atoms with Crippen molar-refractivity contribution < 1.29 is 4.79 Å². The van der Waals surface area contributed by atoms with E-state index < -0.39 is 0 Å². The third-order valence-corrected chi connectivity index (χ3v) is 3.23. The van der Waals surface area contributed by atoms with Gasteiger partial charge >= 0.3 is 0 Å². The summed E-state index contributed by atoms with van der Waals surface area (Å²) in [5, 5.41) is 14.1. The summed E-state index contributed by atoms with van der Waals surface area (Å²) in [5.41, 5.74) is 2.82. The molecular weight excluding hydrogens is 256 g/mol. The summed E-state index contributed by atoms with van der Waals surface area (Å²) in [5.74, 6) is -0.0647. The first kappa shape index (κ1) is 14.2. The van der Waals surface area contributed by atoms with E-state index in [2.05, 4.69) is 39.1 Å². The molecule has 0 aliphatic carbocycles. The first-order valence-electron chi connectivity index (χ1n) is 6.68. The standard InChI is InChI=1S/C13H20N6O/c1-9(2)19-10(3)7-12(11(19)4)13(20)14-5-6-18-16-8-15-17-18/h7-9H,5-6H2,1-4H3,(H,14,20). The zero-order valence-corrected chi connectivity index (χ0v) is 12.3. The molecule has 0 aromatic carbocycles. The molecule has 0 saturated carbocycles. The topological polar surface area (TPSA) is 77.6 Å². The van der Waals surface area contributed by atoms with E-state index in [1.165, 1.54) is 11.1 Å². The fraction of sp³-hybridized carbons (Fsp3) is 0.538. The lowest BCUT2D eigenvalue weighted by atomic mass is 10.2. The van der Waals surface area contributed by atoms with Crippen molar-refractivity contribution in [2.45, 2.75) is 40.3 Å². The van der Waals surface area contributed by atoms with Crippen LogP contribution >= 0.6 is 0 Å². The monoisotopic (exact) mass is 276 g/mol. The summed E-state index contributed by atoms with van der Waals surface area (Å²) < 4.78 is 2.16. The molecule has 0 aliphatic heterocycles. The van der Waals surface area contributed by atoms with Gasteiger partial charge in [-0.2, -0.15) is 4.80 Å². The van der Waals surface area contributed by atoms with Crippen LogP contribution in [-0.2, 0) is 6.54 Å². The van der Waals surface area contributed by atoms with Gasteiger partial charge in [0.05, 0.1) is 12.1 Å². The third-order valence-electron chi connectivity index (χ3n) is 3.23. The van der Waals surface area contributed by atoms with Crippen molar-refractivity contribution >= 4 is 5.91 Å². The number of aryl methyl sites for hydroxylation is 1. The average molecular weight is 276 g/mol. The van der Waals surface area contributed by atoms with Gasteiger partial charge in [-0.3, -0.25) is 4.79 Å². The molecule has 0 atom stereocenters. The van der Waals surface area contributed by atoms with Crippen LogP contribution in [0.4, 0.5) is 0 Å². The molecular formula is C13H20N6O. The van der Waals surface area contributed by atoms with Crippen molar-refractivity contribution in [3.05, 3.63) is 29.3 Å². The summed E-state index contributed by atoms with van der Waals surface area (Å²) in [6, 6.07) is 2.27. The highest BCUT2D eigenvalue weighted by molar-refractivity contribution is 5.95. The number of rotatable bonds is 5. The zero-order chi connectivity index (χ0) is 14.7. The number of hydrogen-bond donors (Lipinski definition) is 1. The Morgan fingerprint density at radius 3 is 2.70 bits per heavy atom. The molecule has 7 heteroatoms. The second-order valence-corrected chi connectivity index (χ2v) is 5.04. The van der Waals surface area contributed by atoms with Crippen LogP contribution in [-0.4, -0.2) is 37.2 Å². The lowest BCUT2D eigenvalue weighted by Crippen LogP contribution is -2.28. The Kier molecular flexibility index (Phi) is 4.16. The Hall–Kier alpha value is -2.18. The summed E-state index contributed by atoms with van der Waals surface area (Å²) >= 11 is 0. The molecule has 2 rings (SSSR count). The maximum absolute atomic E-state index is 12.2. The first-order valence-corrected chi connectivity index (χ1v) is 6.68. The van der Waals surface area contributed by atoms with Crippen LogP contribution in [0.25, 0.3) is 0 Å². The molecule has 0 bridgehead atoms. The number of amides is 1. The van der Waals surface area contributed by atoms with Gasteiger partial charge in [0.25, 0.3) is 5.91 Å². The van der Waals surface area contributed by atoms with Gasteiger partial charge in [-0.15, -0.1) is 10.2 Å². The Morgan fingerprint density at radius 2 is 2.15 bits per heavy atom. The number of nitrogens with one attached hydrogen (secondary N) is 1. The summed E-state index contributed by atoms with van der Waals surface area (Å²) in [7, 11) is 0. The van der Waals surface area contributed by atoms with Crippen molar-refractivity contribution in [3.8, 4) is 0 Å². The van der Waals surface area contributed by atoms with E-state index in [9.17, 15) is 4.79 Å². The molecule has 1 N–H and O–H groups in total. The van der Waals surface area contributed by atoms with Crippen LogP contribution in [0.2, 0.25) is 0 Å². The minimum atomic E-state index is -0.0647. The Labute approximate surface area is 118 Å². The fourth-order valence-corrected chi connectivity index (χ4v) is 2.46. The number of tetrazole rings is 1. The van der Waals surface area contributed by atoms with Gasteiger partial charge < -0.3 is 9.88 Å². The van der Waals surface area contributed by atoms with E-state index in [-0.39, 0.29) is 5.91 Å². The molecule has 7 nitrogen and oxygen atoms in total. The summed E-state index contributed by atoms with van der Waals surface area (Å²) in [6.45, 7) is 9.19. The van der Waals surface area contributed by atoms with Crippen molar-refractivity contribution in [1.29, 1.82) is 0 Å². The summed E-state index contributed by atoms with van der Waals surface area (Å²) in [4.78, 5) is 13.6. The highest BCUT2D eigenvalue weighted by atomic mass is 16.1. The van der Waals surface area contributed by atoms with E-state index in [1.807, 2.05) is 19.9 Å². The van der Waals surface area contributed by atoms with E-state index in [0.717, 1.165) is 17.0 Å². The molecule has 108 valence electrons. The zero-order valence-electron chi connectivity index (χ0n) is 12.3. The second kappa shape index (κ2) is 5.85. The molecule has 2 heterocycles. The quantitative estimate of drug-likeness (QED) is 0.887. The van der Waals surface area contributed by atoms with Crippen LogP contribution in [0.15, 0.2) is 12.4 Å². The predicted molar refractivity (Wildman–Crippen MR) is 74.4 cm³/mol. The van der Waals surface area contributed by atoms with Crippen LogP contribution < -0.4 is 5.32 Å². The van der Waals surface area contributed by atoms with Crippen molar-refractivity contribution in [2.24, 2.45) is 0 Å². The largest absolute Gasteiger partial charge is 0.350 e. The van der Waals surface area contributed by atoms with Crippen LogP contribution in [0.1, 0.15) is 41.6 Å². The number of hydrogen-bond acceptors (Lipinski definition) is 4. The van der Waals surface area contributed by atoms with Gasteiger partial charge in [-0.1, -0.05) is 0 Å². The Morgan fingerprint density at radius 1 is 1.40 bits per heavy atom. The molecule has 0 spiro atoms. The molecule has 0 fully saturated rings. The molecule has 1 amide bonds. The van der Waals surface area contributed by atoms with Gasteiger partial charge in [-0.05, 0) is 39.0 Å². The van der Waals surface area contributed by atoms with Crippen LogP contribution in [0.5, 0.6) is 0 Å². The Bertz CT molecular complexity index is 584. The predicted octanol–water partition coefficient (Wildman–Crippen LogP) is 1.10. The smallest absolute Gasteiger partial charge is 0.253 e. The van der Waals surface area contributed by atoms with Crippen molar-refractivity contribution in [2.75, 3.05) is 6.54 Å². The normalized spacial score (nSPS) is 11.1. The minimum Gasteiger partial charge on any atom is -0.350 e. The van der Waals surface area contributed by atoms with E-state index in [0.29, 0.717) is 19.1 Å². The van der Waals surface area contributed by atoms with Gasteiger partial charge in [0.15, 0.2) is 6.33 Å².